The van der Waals surface area contributed by atoms with E-state index >= 15 is 0 Å². The Morgan fingerprint density at radius 1 is 1.60 bits per heavy atom. The Bertz CT molecular complexity index is 411. The molecule has 0 aliphatic carbocycles. The Hall–Kier alpha value is -1.84. The van der Waals surface area contributed by atoms with E-state index in [1.54, 1.807) is 24.3 Å². The van der Waals surface area contributed by atoms with E-state index in [0.29, 0.717) is 11.3 Å². The van der Waals surface area contributed by atoms with Crippen LogP contribution in [0.5, 0.6) is 0 Å². The average Bonchev–Trinajstić information content (AvgIpc) is 2.18. The second-order valence-electron chi connectivity index (χ2n) is 3.17. The summed E-state index contributed by atoms with van der Waals surface area (Å²) in [6.07, 6.45) is -0.887. The number of carbonyl (C=O) groups excluding carboxylic acids is 1. The third-order valence-electron chi connectivity index (χ3n) is 1.93. The van der Waals surface area contributed by atoms with Crippen molar-refractivity contribution < 1.29 is 9.90 Å². The molecule has 0 aliphatic rings. The lowest BCUT2D eigenvalue weighted by Gasteiger charge is -2.10. The van der Waals surface area contributed by atoms with Gasteiger partial charge in [-0.2, -0.15) is 0 Å². The van der Waals surface area contributed by atoms with Gasteiger partial charge in [-0.05, 0) is 18.0 Å². The topological polar surface area (TPSA) is 86.1 Å². The molecule has 1 unspecified atom stereocenters. The second kappa shape index (κ2) is 5.14. The molecular weight excluding hydrogens is 194 g/mol. The van der Waals surface area contributed by atoms with Crippen molar-refractivity contribution in [1.82, 2.24) is 0 Å². The lowest BCUT2D eigenvalue weighted by molar-refractivity contribution is -0.118. The van der Waals surface area contributed by atoms with Crippen molar-refractivity contribution in [3.8, 4) is 0 Å². The Morgan fingerprint density at radius 2 is 2.27 bits per heavy atom. The summed E-state index contributed by atoms with van der Waals surface area (Å²) in [5, 5.41) is 13.1. The van der Waals surface area contributed by atoms with Crippen LogP contribution in [0.3, 0.4) is 0 Å². The summed E-state index contributed by atoms with van der Waals surface area (Å²) in [6, 6.07) is 6.65. The van der Waals surface area contributed by atoms with E-state index in [9.17, 15) is 9.90 Å². The minimum Gasteiger partial charge on any atom is -0.388 e. The fourth-order valence-electron chi connectivity index (χ4n) is 1.29. The first-order chi connectivity index (χ1) is 7.15. The summed E-state index contributed by atoms with van der Waals surface area (Å²) >= 11 is 0. The SMILES string of the molecule is CC(=O)CC(O)c1ccccc1N=[N+]=[N-]. The van der Waals surface area contributed by atoms with Gasteiger partial charge in [-0.3, -0.25) is 4.79 Å². The van der Waals surface area contributed by atoms with Gasteiger partial charge in [0, 0.05) is 17.0 Å². The summed E-state index contributed by atoms with van der Waals surface area (Å²) in [4.78, 5) is 13.5. The Labute approximate surface area is 87.0 Å². The molecule has 0 aliphatic heterocycles. The van der Waals surface area contributed by atoms with Gasteiger partial charge in [0.15, 0.2) is 0 Å². The molecule has 0 radical (unpaired) electrons. The molecule has 5 heteroatoms. The lowest BCUT2D eigenvalue weighted by atomic mass is 10.0. The third kappa shape index (κ3) is 3.09. The second-order valence-corrected chi connectivity index (χ2v) is 3.17. The molecule has 78 valence electrons. The minimum atomic E-state index is -0.913. The fourth-order valence-corrected chi connectivity index (χ4v) is 1.29. The van der Waals surface area contributed by atoms with Gasteiger partial charge in [0.25, 0.3) is 0 Å². The molecule has 1 rings (SSSR count). The van der Waals surface area contributed by atoms with Gasteiger partial charge < -0.3 is 5.11 Å². The van der Waals surface area contributed by atoms with Crippen molar-refractivity contribution in [1.29, 1.82) is 0 Å². The highest BCUT2D eigenvalue weighted by Gasteiger charge is 2.12. The van der Waals surface area contributed by atoms with Crippen LogP contribution in [0.2, 0.25) is 0 Å². The summed E-state index contributed by atoms with van der Waals surface area (Å²) in [5.41, 5.74) is 9.15. The monoisotopic (exact) mass is 205 g/mol. The molecule has 5 nitrogen and oxygen atoms in total. The zero-order valence-electron chi connectivity index (χ0n) is 8.29. The summed E-state index contributed by atoms with van der Waals surface area (Å²) in [6.45, 7) is 1.40. The van der Waals surface area contributed by atoms with Gasteiger partial charge in [0.2, 0.25) is 0 Å². The molecule has 0 saturated carbocycles. The van der Waals surface area contributed by atoms with Gasteiger partial charge in [-0.15, -0.1) is 0 Å². The number of Topliss-reactive ketones (excluding diaryl/α,β-unsaturated/α-hetero) is 1. The van der Waals surface area contributed by atoms with Gasteiger partial charge in [0.05, 0.1) is 6.10 Å². The standard InChI is InChI=1S/C10H11N3O2/c1-7(14)6-10(15)8-4-2-3-5-9(8)12-13-11/h2-5,10,15H,6H2,1H3. The lowest BCUT2D eigenvalue weighted by Crippen LogP contribution is -2.03. The van der Waals surface area contributed by atoms with Crippen molar-refractivity contribution in [3.05, 3.63) is 40.3 Å². The van der Waals surface area contributed by atoms with Crippen molar-refractivity contribution in [3.63, 3.8) is 0 Å². The number of carbonyl (C=O) groups is 1. The van der Waals surface area contributed by atoms with Gasteiger partial charge in [-0.25, -0.2) is 0 Å². The van der Waals surface area contributed by atoms with Crippen LogP contribution in [0, 0.1) is 0 Å². The minimum absolute atomic E-state index is 0.0258. The fraction of sp³-hybridized carbons (Fsp3) is 0.300. The summed E-state index contributed by atoms with van der Waals surface area (Å²) in [7, 11) is 0. The molecule has 0 bridgehead atoms. The number of azide groups is 1. The van der Waals surface area contributed by atoms with Crippen LogP contribution in [0.25, 0.3) is 10.4 Å². The average molecular weight is 205 g/mol. The first kappa shape index (κ1) is 11.2. The highest BCUT2D eigenvalue weighted by atomic mass is 16.3. The molecule has 0 saturated heterocycles. The van der Waals surface area contributed by atoms with Crippen molar-refractivity contribution in [2.24, 2.45) is 5.11 Å². The summed E-state index contributed by atoms with van der Waals surface area (Å²) in [5.74, 6) is -0.113. The van der Waals surface area contributed by atoms with Crippen molar-refractivity contribution in [2.45, 2.75) is 19.4 Å². The van der Waals surface area contributed by atoms with Crippen LogP contribution in [0.4, 0.5) is 5.69 Å². The first-order valence-corrected chi connectivity index (χ1v) is 4.46. The Morgan fingerprint density at radius 3 is 2.87 bits per heavy atom. The highest BCUT2D eigenvalue weighted by molar-refractivity contribution is 5.76. The normalized spacial score (nSPS) is 11.6. The number of benzene rings is 1. The van der Waals surface area contributed by atoms with Crippen molar-refractivity contribution in [2.75, 3.05) is 0 Å². The largest absolute Gasteiger partial charge is 0.388 e. The number of aliphatic hydroxyl groups is 1. The first-order valence-electron chi connectivity index (χ1n) is 4.46. The molecular formula is C10H11N3O2. The van der Waals surface area contributed by atoms with Gasteiger partial charge in [-0.1, -0.05) is 29.4 Å². The zero-order chi connectivity index (χ0) is 11.3. The maximum atomic E-state index is 10.8. The van der Waals surface area contributed by atoms with Crippen LogP contribution < -0.4 is 0 Å². The van der Waals surface area contributed by atoms with E-state index in [1.807, 2.05) is 0 Å². The molecule has 1 aromatic rings. The van der Waals surface area contributed by atoms with E-state index in [-0.39, 0.29) is 12.2 Å². The van der Waals surface area contributed by atoms with E-state index < -0.39 is 6.10 Å². The number of aliphatic hydroxyl groups excluding tert-OH is 1. The smallest absolute Gasteiger partial charge is 0.132 e. The number of nitrogens with zero attached hydrogens (tertiary/aromatic N) is 3. The van der Waals surface area contributed by atoms with Crippen LogP contribution in [0.15, 0.2) is 29.4 Å². The molecule has 1 atom stereocenters. The van der Waals surface area contributed by atoms with E-state index in [4.69, 9.17) is 5.53 Å². The quantitative estimate of drug-likeness (QED) is 0.465. The maximum absolute atomic E-state index is 10.8. The van der Waals surface area contributed by atoms with Crippen LogP contribution >= 0.6 is 0 Å². The maximum Gasteiger partial charge on any atom is 0.132 e. The van der Waals surface area contributed by atoms with Gasteiger partial charge >= 0.3 is 0 Å². The Kier molecular flexibility index (Phi) is 3.85. The highest BCUT2D eigenvalue weighted by Crippen LogP contribution is 2.27. The van der Waals surface area contributed by atoms with Crippen LogP contribution in [0.1, 0.15) is 25.0 Å². The van der Waals surface area contributed by atoms with E-state index in [2.05, 4.69) is 10.0 Å². The molecule has 0 spiro atoms. The molecule has 0 fully saturated rings. The van der Waals surface area contributed by atoms with Gasteiger partial charge in [0.1, 0.15) is 5.78 Å². The molecule has 15 heavy (non-hydrogen) atoms. The Balaban J connectivity index is 3.01. The predicted octanol–water partition coefficient (Wildman–Crippen LogP) is 2.64. The van der Waals surface area contributed by atoms with Crippen molar-refractivity contribution >= 4 is 11.5 Å². The molecule has 1 aromatic carbocycles. The molecule has 1 N–H and O–H groups in total. The van der Waals surface area contributed by atoms with E-state index in [0.717, 1.165) is 0 Å². The molecule has 0 heterocycles. The molecule has 0 aromatic heterocycles. The van der Waals surface area contributed by atoms with Crippen LogP contribution in [-0.2, 0) is 4.79 Å². The predicted molar refractivity (Wildman–Crippen MR) is 55.5 cm³/mol. The van der Waals surface area contributed by atoms with E-state index in [1.165, 1.54) is 6.92 Å². The third-order valence-corrected chi connectivity index (χ3v) is 1.93. The number of hydrogen-bond acceptors (Lipinski definition) is 3. The number of hydrogen-bond donors (Lipinski definition) is 1. The number of ketones is 1. The van der Waals surface area contributed by atoms with Crippen LogP contribution in [-0.4, -0.2) is 10.9 Å². The zero-order valence-corrected chi connectivity index (χ0v) is 8.29. The summed E-state index contributed by atoms with van der Waals surface area (Å²) < 4.78 is 0. The molecule has 0 amide bonds. The number of rotatable bonds is 4.